The molecular weight excluding hydrogens is 402 g/mol. The first-order chi connectivity index (χ1) is 14.9. The van der Waals surface area contributed by atoms with Crippen LogP contribution in [0.5, 0.6) is 5.75 Å². The Morgan fingerprint density at radius 2 is 1.65 bits per heavy atom. The normalized spacial score (nSPS) is 13.7. The number of aryl methyl sites for hydroxylation is 1. The number of ether oxygens (including phenoxy) is 1. The lowest BCUT2D eigenvalue weighted by Crippen LogP contribution is -2.32. The lowest BCUT2D eigenvalue weighted by molar-refractivity contribution is -0.120. The van der Waals surface area contributed by atoms with Crippen molar-refractivity contribution < 1.29 is 23.1 Å². The monoisotopic (exact) mass is 420 g/mol. The van der Waals surface area contributed by atoms with Gasteiger partial charge in [0.05, 0.1) is 18.4 Å². The van der Waals surface area contributed by atoms with Gasteiger partial charge in [0.25, 0.3) is 11.8 Å². The zero-order valence-electron chi connectivity index (χ0n) is 16.8. The van der Waals surface area contributed by atoms with Gasteiger partial charge in [0.2, 0.25) is 0 Å². The first kappa shape index (κ1) is 20.3. The summed E-state index contributed by atoms with van der Waals surface area (Å²) < 4.78 is 32.6. The largest absolute Gasteiger partial charge is 0.496 e. The van der Waals surface area contributed by atoms with E-state index in [1.807, 2.05) is 25.1 Å². The fourth-order valence-electron chi connectivity index (χ4n) is 3.47. The average molecular weight is 420 g/mol. The number of amides is 2. The van der Waals surface area contributed by atoms with Crippen molar-refractivity contribution in [1.82, 2.24) is 0 Å². The van der Waals surface area contributed by atoms with E-state index in [0.717, 1.165) is 22.6 Å². The second-order valence-corrected chi connectivity index (χ2v) is 6.99. The van der Waals surface area contributed by atoms with Crippen molar-refractivity contribution in [3.05, 3.63) is 95.2 Å². The second-order valence-electron chi connectivity index (χ2n) is 6.99. The second kappa shape index (κ2) is 8.02. The van der Waals surface area contributed by atoms with E-state index in [1.54, 1.807) is 30.3 Å². The van der Waals surface area contributed by atoms with Gasteiger partial charge in [-0.1, -0.05) is 30.3 Å². The van der Waals surface area contributed by atoms with Crippen LogP contribution >= 0.6 is 0 Å². The van der Waals surface area contributed by atoms with Crippen LogP contribution in [0, 0.1) is 18.6 Å². The molecule has 0 radical (unpaired) electrons. The van der Waals surface area contributed by atoms with Gasteiger partial charge in [-0.3, -0.25) is 9.59 Å². The molecule has 0 unspecified atom stereocenters. The van der Waals surface area contributed by atoms with Gasteiger partial charge >= 0.3 is 0 Å². The maximum absolute atomic E-state index is 13.8. The molecule has 5 nitrogen and oxygen atoms in total. The molecule has 0 fully saturated rings. The molecule has 31 heavy (non-hydrogen) atoms. The lowest BCUT2D eigenvalue weighted by atomic mass is 10.0. The molecular formula is C24H18F2N2O3. The summed E-state index contributed by atoms with van der Waals surface area (Å²) in [5.41, 5.74) is 2.00. The summed E-state index contributed by atoms with van der Waals surface area (Å²) in [5.74, 6) is -3.18. The van der Waals surface area contributed by atoms with Crippen molar-refractivity contribution >= 4 is 28.8 Å². The van der Waals surface area contributed by atoms with Gasteiger partial charge in [-0.05, 0) is 42.8 Å². The smallest absolute Gasteiger partial charge is 0.282 e. The highest BCUT2D eigenvalue weighted by molar-refractivity contribution is 6.46. The highest BCUT2D eigenvalue weighted by Crippen LogP contribution is 2.37. The average Bonchev–Trinajstić information content (AvgIpc) is 2.99. The third-order valence-corrected chi connectivity index (χ3v) is 4.91. The van der Waals surface area contributed by atoms with Gasteiger partial charge in [0.1, 0.15) is 11.4 Å². The van der Waals surface area contributed by atoms with Crippen molar-refractivity contribution in [3.63, 3.8) is 0 Å². The van der Waals surface area contributed by atoms with E-state index in [0.29, 0.717) is 17.0 Å². The standard InChI is InChI=1S/C24H18F2N2O3/c1-14-6-5-7-15(12-14)27-22-21(17-8-3-4-9-20(17)31-2)23(29)28(24(22)30)16-10-11-18(25)19(26)13-16/h3-13,27H,1-2H3. The molecule has 3 aromatic carbocycles. The zero-order chi connectivity index (χ0) is 22.1. The van der Waals surface area contributed by atoms with Gasteiger partial charge < -0.3 is 10.1 Å². The number of nitrogens with zero attached hydrogens (tertiary/aromatic N) is 1. The molecule has 7 heteroatoms. The maximum atomic E-state index is 13.8. The topological polar surface area (TPSA) is 58.6 Å². The molecule has 1 aliphatic rings. The number of hydrogen-bond acceptors (Lipinski definition) is 4. The van der Waals surface area contributed by atoms with Gasteiger partial charge in [-0.2, -0.15) is 0 Å². The number of para-hydroxylation sites is 1. The third kappa shape index (κ3) is 3.66. The Hall–Kier alpha value is -4.00. The Balaban J connectivity index is 1.87. The molecule has 0 saturated heterocycles. The van der Waals surface area contributed by atoms with E-state index in [9.17, 15) is 18.4 Å². The summed E-state index contributed by atoms with van der Waals surface area (Å²) in [6.07, 6.45) is 0. The highest BCUT2D eigenvalue weighted by Gasteiger charge is 2.41. The van der Waals surface area contributed by atoms with Crippen LogP contribution in [0.25, 0.3) is 5.57 Å². The number of hydrogen-bond donors (Lipinski definition) is 1. The third-order valence-electron chi connectivity index (χ3n) is 4.91. The van der Waals surface area contributed by atoms with Gasteiger partial charge in [0, 0.05) is 17.3 Å². The van der Waals surface area contributed by atoms with Gasteiger partial charge in [0.15, 0.2) is 11.6 Å². The zero-order valence-corrected chi connectivity index (χ0v) is 16.8. The molecule has 0 bridgehead atoms. The highest BCUT2D eigenvalue weighted by atomic mass is 19.2. The number of carbonyl (C=O) groups is 2. The first-order valence-corrected chi connectivity index (χ1v) is 9.46. The SMILES string of the molecule is COc1ccccc1C1=C(Nc2cccc(C)c2)C(=O)N(c2ccc(F)c(F)c2)C1=O. The summed E-state index contributed by atoms with van der Waals surface area (Å²) in [6, 6.07) is 17.0. The maximum Gasteiger partial charge on any atom is 0.282 e. The van der Waals surface area contributed by atoms with E-state index in [2.05, 4.69) is 5.32 Å². The van der Waals surface area contributed by atoms with E-state index in [1.165, 1.54) is 13.2 Å². The van der Waals surface area contributed by atoms with Crippen LogP contribution in [-0.2, 0) is 9.59 Å². The van der Waals surface area contributed by atoms with E-state index in [-0.39, 0.29) is 17.0 Å². The minimum Gasteiger partial charge on any atom is -0.496 e. The van der Waals surface area contributed by atoms with Crippen molar-refractivity contribution in [2.45, 2.75) is 6.92 Å². The van der Waals surface area contributed by atoms with Crippen LogP contribution in [0.4, 0.5) is 20.2 Å². The lowest BCUT2D eigenvalue weighted by Gasteiger charge is -2.16. The number of methoxy groups -OCH3 is 1. The summed E-state index contributed by atoms with van der Waals surface area (Å²) in [6.45, 7) is 1.90. The number of anilines is 2. The molecule has 4 rings (SSSR count). The molecule has 2 amide bonds. The van der Waals surface area contributed by atoms with Crippen molar-refractivity contribution in [3.8, 4) is 5.75 Å². The van der Waals surface area contributed by atoms with Crippen LogP contribution < -0.4 is 15.0 Å². The summed E-state index contributed by atoms with van der Waals surface area (Å²) in [4.78, 5) is 27.5. The van der Waals surface area contributed by atoms with E-state index in [4.69, 9.17) is 4.74 Å². The fourth-order valence-corrected chi connectivity index (χ4v) is 3.47. The molecule has 1 aliphatic heterocycles. The Morgan fingerprint density at radius 3 is 2.35 bits per heavy atom. The molecule has 1 heterocycles. The van der Waals surface area contributed by atoms with Crippen LogP contribution in [0.15, 0.2) is 72.4 Å². The fraction of sp³-hybridized carbons (Fsp3) is 0.0833. The van der Waals surface area contributed by atoms with E-state index >= 15 is 0 Å². The summed E-state index contributed by atoms with van der Waals surface area (Å²) >= 11 is 0. The van der Waals surface area contributed by atoms with Crippen molar-refractivity contribution in [2.24, 2.45) is 0 Å². The Bertz CT molecular complexity index is 1240. The van der Waals surface area contributed by atoms with Gasteiger partial charge in [-0.15, -0.1) is 0 Å². The minimum atomic E-state index is -1.16. The van der Waals surface area contributed by atoms with Crippen molar-refractivity contribution in [2.75, 3.05) is 17.3 Å². The van der Waals surface area contributed by atoms with Crippen LogP contribution in [0.2, 0.25) is 0 Å². The Kier molecular flexibility index (Phi) is 5.25. The minimum absolute atomic E-state index is 0.0184. The number of benzene rings is 3. The Labute approximate surface area is 177 Å². The van der Waals surface area contributed by atoms with Crippen LogP contribution in [0.1, 0.15) is 11.1 Å². The molecule has 0 aromatic heterocycles. The first-order valence-electron chi connectivity index (χ1n) is 9.46. The number of halogens is 2. The molecule has 0 saturated carbocycles. The molecule has 0 aliphatic carbocycles. The number of carbonyl (C=O) groups excluding carboxylic acids is 2. The summed E-state index contributed by atoms with van der Waals surface area (Å²) in [7, 11) is 1.46. The van der Waals surface area contributed by atoms with E-state index < -0.39 is 23.4 Å². The quantitative estimate of drug-likeness (QED) is 0.609. The van der Waals surface area contributed by atoms with Gasteiger partial charge in [-0.25, -0.2) is 13.7 Å². The van der Waals surface area contributed by atoms with Crippen molar-refractivity contribution in [1.29, 1.82) is 0 Å². The molecule has 1 N–H and O–H groups in total. The molecule has 0 spiro atoms. The van der Waals surface area contributed by atoms with Crippen LogP contribution in [-0.4, -0.2) is 18.9 Å². The molecule has 3 aromatic rings. The predicted octanol–water partition coefficient (Wildman–Crippen LogP) is 4.68. The molecule has 0 atom stereocenters. The number of rotatable bonds is 5. The predicted molar refractivity (Wildman–Crippen MR) is 114 cm³/mol. The molecule has 156 valence electrons. The Morgan fingerprint density at radius 1 is 0.871 bits per heavy atom. The van der Waals surface area contributed by atoms with Crippen LogP contribution in [0.3, 0.4) is 0 Å². The number of imide groups is 1. The number of nitrogens with one attached hydrogen (secondary N) is 1. The summed E-state index contributed by atoms with van der Waals surface area (Å²) in [5, 5.41) is 3.03.